The molecule has 2 saturated heterocycles. The number of hydrogen-bond donors (Lipinski definition) is 0. The van der Waals surface area contributed by atoms with Gasteiger partial charge in [-0.25, -0.2) is 0 Å². The molecule has 0 N–H and O–H groups in total. The zero-order chi connectivity index (χ0) is 31.9. The van der Waals surface area contributed by atoms with Crippen LogP contribution in [0, 0.1) is 5.41 Å². The third kappa shape index (κ3) is 6.03. The zero-order valence-corrected chi connectivity index (χ0v) is 27.6. The lowest BCUT2D eigenvalue weighted by Gasteiger charge is -2.43. The molecule has 47 heavy (non-hydrogen) atoms. The first-order chi connectivity index (χ1) is 22.9. The van der Waals surface area contributed by atoms with Crippen molar-refractivity contribution >= 4 is 36.7 Å². The number of benzene rings is 6. The van der Waals surface area contributed by atoms with Crippen LogP contribution in [-0.2, 0) is 39.5 Å². The van der Waals surface area contributed by atoms with Gasteiger partial charge in [-0.05, 0) is 54.9 Å². The van der Waals surface area contributed by atoms with Crippen LogP contribution in [0.25, 0.3) is 43.8 Å². The van der Waals surface area contributed by atoms with Crippen molar-refractivity contribution < 1.29 is 27.2 Å². The van der Waals surface area contributed by atoms with Crippen LogP contribution >= 0.6 is 15.2 Å². The summed E-state index contributed by atoms with van der Waals surface area (Å²) in [5.74, 6) is 0. The SMILES string of the molecule is O=P1(Cc2ccc3ccccc3c2-c2ccccc2)OCC2(CO1)COP(=O)(Cc1ccc3ccccc3c1-c1ccccc1)OC2. The van der Waals surface area contributed by atoms with Crippen molar-refractivity contribution in [3.05, 3.63) is 145 Å². The molecule has 0 aliphatic carbocycles. The molecular formula is C39H34O6P2. The van der Waals surface area contributed by atoms with Gasteiger partial charge in [-0.15, -0.1) is 0 Å². The Kier molecular flexibility index (Phi) is 7.98. The summed E-state index contributed by atoms with van der Waals surface area (Å²) in [7, 11) is -6.97. The van der Waals surface area contributed by atoms with Gasteiger partial charge in [0, 0.05) is 0 Å². The first-order valence-electron chi connectivity index (χ1n) is 15.8. The van der Waals surface area contributed by atoms with Gasteiger partial charge in [0.1, 0.15) is 0 Å². The molecule has 0 bridgehead atoms. The minimum absolute atomic E-state index is 0.129. The molecule has 6 aromatic carbocycles. The predicted molar refractivity (Wildman–Crippen MR) is 188 cm³/mol. The Morgan fingerprint density at radius 2 is 0.809 bits per heavy atom. The fraction of sp³-hybridized carbons (Fsp3) is 0.179. The third-order valence-electron chi connectivity index (χ3n) is 9.15. The van der Waals surface area contributed by atoms with Crippen LogP contribution in [0.5, 0.6) is 0 Å². The zero-order valence-electron chi connectivity index (χ0n) is 25.8. The van der Waals surface area contributed by atoms with Crippen LogP contribution in [0.2, 0.25) is 0 Å². The first kappa shape index (κ1) is 30.5. The summed E-state index contributed by atoms with van der Waals surface area (Å²) < 4.78 is 52.3. The van der Waals surface area contributed by atoms with Gasteiger partial charge >= 0.3 is 15.2 Å². The van der Waals surface area contributed by atoms with E-state index in [1.165, 1.54) is 0 Å². The molecule has 8 heteroatoms. The van der Waals surface area contributed by atoms with Gasteiger partial charge in [-0.3, -0.25) is 9.13 Å². The molecular weight excluding hydrogens is 626 g/mol. The predicted octanol–water partition coefficient (Wildman–Crippen LogP) is 10.5. The van der Waals surface area contributed by atoms with Gasteiger partial charge in [-0.1, -0.05) is 133 Å². The Hall–Kier alpha value is -3.86. The van der Waals surface area contributed by atoms with Crippen molar-refractivity contribution in [1.82, 2.24) is 0 Å². The Bertz CT molecular complexity index is 2000. The fourth-order valence-electron chi connectivity index (χ4n) is 6.65. The summed E-state index contributed by atoms with van der Waals surface area (Å²) in [4.78, 5) is 0. The Balaban J connectivity index is 0.993. The molecule has 6 aromatic rings. The highest BCUT2D eigenvalue weighted by molar-refractivity contribution is 7.53. The quantitative estimate of drug-likeness (QED) is 0.166. The summed E-state index contributed by atoms with van der Waals surface area (Å²) in [6.45, 7) is 0.515. The third-order valence-corrected chi connectivity index (χ3v) is 12.7. The van der Waals surface area contributed by atoms with Gasteiger partial charge in [0.2, 0.25) is 0 Å². The lowest BCUT2D eigenvalue weighted by molar-refractivity contribution is -0.0690. The summed E-state index contributed by atoms with van der Waals surface area (Å²) in [6.07, 6.45) is 0.283. The monoisotopic (exact) mass is 660 g/mol. The van der Waals surface area contributed by atoms with Crippen molar-refractivity contribution in [3.63, 3.8) is 0 Å². The normalized spacial score (nSPS) is 24.5. The Morgan fingerprint density at radius 1 is 0.447 bits per heavy atom. The molecule has 0 saturated carbocycles. The van der Waals surface area contributed by atoms with E-state index in [0.29, 0.717) is 0 Å². The average Bonchev–Trinajstić information content (AvgIpc) is 3.11. The molecule has 0 amide bonds. The first-order valence-corrected chi connectivity index (χ1v) is 19.3. The van der Waals surface area contributed by atoms with Crippen LogP contribution in [0.4, 0.5) is 0 Å². The van der Waals surface area contributed by atoms with Crippen molar-refractivity contribution in [3.8, 4) is 22.3 Å². The molecule has 2 fully saturated rings. The van der Waals surface area contributed by atoms with Gasteiger partial charge in [-0.2, -0.15) is 0 Å². The maximum atomic E-state index is 14.0. The Labute approximate surface area is 274 Å². The second-order valence-electron chi connectivity index (χ2n) is 12.5. The molecule has 2 aliphatic heterocycles. The van der Waals surface area contributed by atoms with E-state index in [2.05, 4.69) is 48.5 Å². The lowest BCUT2D eigenvalue weighted by atomic mass is 9.93. The second-order valence-corrected chi connectivity index (χ2v) is 16.6. The van der Waals surface area contributed by atoms with E-state index in [4.69, 9.17) is 18.1 Å². The summed E-state index contributed by atoms with van der Waals surface area (Å²) in [5.41, 5.74) is 5.26. The molecule has 0 aromatic heterocycles. The van der Waals surface area contributed by atoms with E-state index in [9.17, 15) is 9.13 Å². The van der Waals surface area contributed by atoms with Crippen LogP contribution in [0.3, 0.4) is 0 Å². The molecule has 0 unspecified atom stereocenters. The minimum atomic E-state index is -3.48. The molecule has 236 valence electrons. The van der Waals surface area contributed by atoms with E-state index in [0.717, 1.165) is 54.9 Å². The summed E-state index contributed by atoms with van der Waals surface area (Å²) in [5, 5.41) is 4.39. The topological polar surface area (TPSA) is 71.1 Å². The van der Waals surface area contributed by atoms with Crippen molar-refractivity contribution in [2.45, 2.75) is 12.3 Å². The Morgan fingerprint density at radius 3 is 1.21 bits per heavy atom. The second kappa shape index (κ2) is 12.3. The maximum Gasteiger partial charge on any atom is 0.335 e. The summed E-state index contributed by atoms with van der Waals surface area (Å²) >= 11 is 0. The van der Waals surface area contributed by atoms with E-state index < -0.39 is 20.6 Å². The number of rotatable bonds is 6. The molecule has 1 spiro atoms. The average molecular weight is 661 g/mol. The molecule has 2 heterocycles. The largest absolute Gasteiger partial charge is 0.335 e. The molecule has 2 aliphatic rings. The lowest BCUT2D eigenvalue weighted by Crippen LogP contribution is -2.45. The van der Waals surface area contributed by atoms with Crippen molar-refractivity contribution in [2.24, 2.45) is 5.41 Å². The van der Waals surface area contributed by atoms with Gasteiger partial charge < -0.3 is 18.1 Å². The fourth-order valence-corrected chi connectivity index (χ4v) is 10.4. The van der Waals surface area contributed by atoms with Gasteiger partial charge in [0.15, 0.2) is 0 Å². The number of hydrogen-bond acceptors (Lipinski definition) is 6. The smallest absolute Gasteiger partial charge is 0.307 e. The maximum absolute atomic E-state index is 14.0. The highest BCUT2D eigenvalue weighted by Gasteiger charge is 2.49. The van der Waals surface area contributed by atoms with Gasteiger partial charge in [0.05, 0.1) is 44.2 Å². The molecule has 0 radical (unpaired) electrons. The van der Waals surface area contributed by atoms with Gasteiger partial charge in [0.25, 0.3) is 0 Å². The van der Waals surface area contributed by atoms with E-state index in [-0.39, 0.29) is 38.8 Å². The standard InChI is InChI=1S/C39H34O6P2/c40-46(23-33-21-19-29-11-7-9-17-35(29)37(33)31-13-3-1-4-14-31)42-25-39(26-43-46)27-44-47(41,45-28-39)24-34-22-20-30-12-8-10-18-36(30)38(34)32-15-5-2-6-16-32/h1-22H,23-28H2. The van der Waals surface area contributed by atoms with Crippen LogP contribution in [0.1, 0.15) is 11.1 Å². The van der Waals surface area contributed by atoms with Crippen LogP contribution in [-0.4, -0.2) is 26.4 Å². The number of fused-ring (bicyclic) bond motifs is 2. The molecule has 6 nitrogen and oxygen atoms in total. The molecule has 8 rings (SSSR count). The minimum Gasteiger partial charge on any atom is -0.307 e. The van der Waals surface area contributed by atoms with Crippen LogP contribution in [0.15, 0.2) is 133 Å². The molecule has 0 atom stereocenters. The van der Waals surface area contributed by atoms with E-state index >= 15 is 0 Å². The van der Waals surface area contributed by atoms with E-state index in [1.807, 2.05) is 84.9 Å². The highest BCUT2D eigenvalue weighted by atomic mass is 31.2. The summed E-state index contributed by atoms with van der Waals surface area (Å²) in [6, 6.07) is 44.8. The van der Waals surface area contributed by atoms with E-state index in [1.54, 1.807) is 0 Å². The van der Waals surface area contributed by atoms with Crippen molar-refractivity contribution in [1.29, 1.82) is 0 Å². The highest BCUT2D eigenvalue weighted by Crippen LogP contribution is 2.62. The van der Waals surface area contributed by atoms with Crippen LogP contribution < -0.4 is 0 Å². The van der Waals surface area contributed by atoms with Crippen molar-refractivity contribution in [2.75, 3.05) is 26.4 Å².